The molecule has 5 rings (SSSR count). The van der Waals surface area contributed by atoms with Gasteiger partial charge in [0, 0.05) is 55.3 Å². The van der Waals surface area contributed by atoms with Crippen molar-refractivity contribution in [1.82, 2.24) is 14.5 Å². The van der Waals surface area contributed by atoms with E-state index in [0.29, 0.717) is 29.1 Å². The highest BCUT2D eigenvalue weighted by Crippen LogP contribution is 2.33. The van der Waals surface area contributed by atoms with Crippen LogP contribution in [0.15, 0.2) is 52.0 Å². The van der Waals surface area contributed by atoms with Crippen molar-refractivity contribution in [3.63, 3.8) is 0 Å². The predicted molar refractivity (Wildman–Crippen MR) is 147 cm³/mol. The number of anilines is 1. The quantitative estimate of drug-likeness (QED) is 0.334. The van der Waals surface area contributed by atoms with Gasteiger partial charge < -0.3 is 14.5 Å². The van der Waals surface area contributed by atoms with E-state index in [-0.39, 0.29) is 24.1 Å². The molecule has 4 heterocycles. The zero-order valence-corrected chi connectivity index (χ0v) is 22.4. The van der Waals surface area contributed by atoms with Crippen LogP contribution < -0.4 is 10.5 Å². The first-order valence-electron chi connectivity index (χ1n) is 12.1. The molecule has 1 atom stereocenters. The SMILES string of the molecule is Cc1nc2scc(-c3cccs3)c2c(=O)n1CC(=O)N(Cc1ccc(N(C)C)cc1)CC1CCCO1. The van der Waals surface area contributed by atoms with Crippen LogP contribution in [0.5, 0.6) is 0 Å². The Balaban J connectivity index is 1.44. The van der Waals surface area contributed by atoms with Gasteiger partial charge in [-0.2, -0.15) is 0 Å². The number of benzene rings is 1. The molecule has 3 aromatic heterocycles. The molecule has 1 saturated heterocycles. The second-order valence-corrected chi connectivity index (χ2v) is 11.1. The molecule has 0 N–H and O–H groups in total. The molecule has 0 bridgehead atoms. The normalized spacial score (nSPS) is 15.5. The fraction of sp³-hybridized carbons (Fsp3) is 0.370. The lowest BCUT2D eigenvalue weighted by molar-refractivity contribution is -0.134. The molecule has 1 aliphatic rings. The molecule has 1 fully saturated rings. The molecular formula is C27H30N4O3S2. The van der Waals surface area contributed by atoms with Gasteiger partial charge in [-0.1, -0.05) is 18.2 Å². The summed E-state index contributed by atoms with van der Waals surface area (Å²) in [5.41, 5.74) is 2.88. The van der Waals surface area contributed by atoms with Crippen molar-refractivity contribution in [3.05, 3.63) is 68.9 Å². The molecule has 0 radical (unpaired) electrons. The number of rotatable bonds is 8. The summed E-state index contributed by atoms with van der Waals surface area (Å²) in [5, 5.41) is 4.57. The highest BCUT2D eigenvalue weighted by atomic mass is 32.1. The number of carbonyl (C=O) groups is 1. The molecule has 188 valence electrons. The van der Waals surface area contributed by atoms with E-state index in [0.717, 1.165) is 41.1 Å². The highest BCUT2D eigenvalue weighted by Gasteiger charge is 2.25. The lowest BCUT2D eigenvalue weighted by Gasteiger charge is -2.26. The number of thiophene rings is 2. The van der Waals surface area contributed by atoms with Gasteiger partial charge in [-0.05, 0) is 48.9 Å². The average molecular weight is 523 g/mol. The molecule has 1 aromatic carbocycles. The van der Waals surface area contributed by atoms with Crippen LogP contribution in [-0.2, 0) is 22.6 Å². The van der Waals surface area contributed by atoms with Crippen molar-refractivity contribution < 1.29 is 9.53 Å². The van der Waals surface area contributed by atoms with Gasteiger partial charge in [-0.3, -0.25) is 14.2 Å². The molecule has 1 amide bonds. The Labute approximate surface area is 218 Å². The maximum absolute atomic E-state index is 13.7. The molecule has 4 aromatic rings. The molecule has 36 heavy (non-hydrogen) atoms. The number of carbonyl (C=O) groups excluding carboxylic acids is 1. The van der Waals surface area contributed by atoms with Gasteiger partial charge >= 0.3 is 0 Å². The minimum atomic E-state index is -0.164. The Morgan fingerprint density at radius 3 is 2.67 bits per heavy atom. The Kier molecular flexibility index (Phi) is 7.22. The third-order valence-corrected chi connectivity index (χ3v) is 8.37. The van der Waals surface area contributed by atoms with Crippen LogP contribution in [0.4, 0.5) is 5.69 Å². The maximum atomic E-state index is 13.7. The number of fused-ring (bicyclic) bond motifs is 1. The van der Waals surface area contributed by atoms with Gasteiger partial charge in [-0.25, -0.2) is 4.98 Å². The number of ether oxygens (including phenoxy) is 1. The van der Waals surface area contributed by atoms with Crippen LogP contribution in [0.3, 0.4) is 0 Å². The summed E-state index contributed by atoms with van der Waals surface area (Å²) in [4.78, 5) is 37.6. The smallest absolute Gasteiger partial charge is 0.263 e. The van der Waals surface area contributed by atoms with Crippen LogP contribution in [-0.4, -0.2) is 53.7 Å². The van der Waals surface area contributed by atoms with E-state index in [1.807, 2.05) is 46.8 Å². The van der Waals surface area contributed by atoms with Crippen LogP contribution in [0.1, 0.15) is 24.2 Å². The fourth-order valence-corrected chi connectivity index (χ4v) is 6.37. The molecule has 1 aliphatic heterocycles. The lowest BCUT2D eigenvalue weighted by atomic mass is 10.1. The van der Waals surface area contributed by atoms with Crippen molar-refractivity contribution in [2.75, 3.05) is 32.1 Å². The molecule has 0 saturated carbocycles. The molecule has 7 nitrogen and oxygen atoms in total. The first-order chi connectivity index (χ1) is 17.4. The van der Waals surface area contributed by atoms with E-state index in [1.165, 1.54) is 15.9 Å². The van der Waals surface area contributed by atoms with E-state index in [1.54, 1.807) is 18.3 Å². The van der Waals surface area contributed by atoms with Crippen molar-refractivity contribution in [1.29, 1.82) is 0 Å². The minimum Gasteiger partial charge on any atom is -0.378 e. The van der Waals surface area contributed by atoms with Crippen molar-refractivity contribution in [2.45, 2.75) is 39.0 Å². The summed E-state index contributed by atoms with van der Waals surface area (Å²) >= 11 is 3.06. The predicted octanol–water partition coefficient (Wildman–Crippen LogP) is 4.77. The molecular weight excluding hydrogens is 492 g/mol. The first kappa shape index (κ1) is 24.7. The third kappa shape index (κ3) is 5.09. The highest BCUT2D eigenvalue weighted by molar-refractivity contribution is 7.18. The minimum absolute atomic E-state index is 0.0238. The van der Waals surface area contributed by atoms with Gasteiger partial charge in [0.05, 0.1) is 11.5 Å². The van der Waals surface area contributed by atoms with Gasteiger partial charge in [0.1, 0.15) is 17.2 Å². The van der Waals surface area contributed by atoms with Crippen LogP contribution in [0, 0.1) is 6.92 Å². The monoisotopic (exact) mass is 522 g/mol. The summed E-state index contributed by atoms with van der Waals surface area (Å²) in [6.45, 7) is 3.46. The van der Waals surface area contributed by atoms with Gasteiger partial charge in [0.15, 0.2) is 0 Å². The Morgan fingerprint density at radius 1 is 1.19 bits per heavy atom. The maximum Gasteiger partial charge on any atom is 0.263 e. The number of hydrogen-bond acceptors (Lipinski definition) is 7. The summed E-state index contributed by atoms with van der Waals surface area (Å²) < 4.78 is 7.36. The lowest BCUT2D eigenvalue weighted by Crippen LogP contribution is -2.41. The van der Waals surface area contributed by atoms with E-state index in [4.69, 9.17) is 4.74 Å². The number of hydrogen-bond donors (Lipinski definition) is 0. The average Bonchev–Trinajstić information content (AvgIpc) is 3.63. The number of aromatic nitrogens is 2. The van der Waals surface area contributed by atoms with Crippen LogP contribution >= 0.6 is 22.7 Å². The molecule has 0 spiro atoms. The largest absolute Gasteiger partial charge is 0.378 e. The van der Waals surface area contributed by atoms with E-state index >= 15 is 0 Å². The summed E-state index contributed by atoms with van der Waals surface area (Å²) in [6.07, 6.45) is 1.97. The zero-order chi connectivity index (χ0) is 25.2. The zero-order valence-electron chi connectivity index (χ0n) is 20.8. The second-order valence-electron chi connectivity index (χ2n) is 9.33. The number of aryl methyl sites for hydroxylation is 1. The van der Waals surface area contributed by atoms with Crippen molar-refractivity contribution in [3.8, 4) is 10.4 Å². The van der Waals surface area contributed by atoms with Gasteiger partial charge in [0.2, 0.25) is 5.91 Å². The van der Waals surface area contributed by atoms with Gasteiger partial charge in [-0.15, -0.1) is 22.7 Å². The Hall–Kier alpha value is -3.01. The van der Waals surface area contributed by atoms with E-state index < -0.39 is 0 Å². The Bertz CT molecular complexity index is 1400. The standard InChI is InChI=1S/C27H30N4O3S2/c1-18-28-26-25(22(17-36-26)23-7-5-13-35-23)27(33)31(18)16-24(32)30(15-21-6-4-12-34-21)14-19-8-10-20(11-9-19)29(2)3/h5,7-11,13,17,21H,4,6,12,14-16H2,1-3H3. The number of nitrogens with zero attached hydrogens (tertiary/aromatic N) is 4. The topological polar surface area (TPSA) is 67.7 Å². The third-order valence-electron chi connectivity index (χ3n) is 6.59. The fourth-order valence-electron chi connectivity index (χ4n) is 4.57. The molecule has 0 aliphatic carbocycles. The van der Waals surface area contributed by atoms with E-state index in [9.17, 15) is 9.59 Å². The Morgan fingerprint density at radius 2 is 2.00 bits per heavy atom. The molecule has 1 unspecified atom stereocenters. The summed E-state index contributed by atoms with van der Waals surface area (Å²) in [5.74, 6) is 0.439. The van der Waals surface area contributed by atoms with E-state index in [2.05, 4.69) is 29.2 Å². The second kappa shape index (κ2) is 10.5. The summed E-state index contributed by atoms with van der Waals surface area (Å²) in [6, 6.07) is 12.2. The molecule has 9 heteroatoms. The number of amides is 1. The first-order valence-corrected chi connectivity index (χ1v) is 13.8. The van der Waals surface area contributed by atoms with Crippen molar-refractivity contribution in [2.24, 2.45) is 0 Å². The van der Waals surface area contributed by atoms with Gasteiger partial charge in [0.25, 0.3) is 5.56 Å². The van der Waals surface area contributed by atoms with Crippen molar-refractivity contribution >= 4 is 44.5 Å². The van der Waals surface area contributed by atoms with Crippen LogP contribution in [0.25, 0.3) is 20.7 Å². The summed E-state index contributed by atoms with van der Waals surface area (Å²) in [7, 11) is 4.01. The van der Waals surface area contributed by atoms with Crippen LogP contribution in [0.2, 0.25) is 0 Å².